The highest BCUT2D eigenvalue weighted by atomic mass is 31.2. The summed E-state index contributed by atoms with van der Waals surface area (Å²) in [5.74, 6) is 0. The first-order valence-electron chi connectivity index (χ1n) is 4.96. The molecule has 4 nitrogen and oxygen atoms in total. The van der Waals surface area contributed by atoms with E-state index in [1.165, 1.54) is 14.2 Å². The second kappa shape index (κ2) is 4.75. The first kappa shape index (κ1) is 12.2. The Labute approximate surface area is 85.1 Å². The molecule has 5 heteroatoms. The van der Waals surface area contributed by atoms with E-state index in [0.717, 1.165) is 19.3 Å². The Morgan fingerprint density at radius 3 is 2.14 bits per heavy atom. The molecule has 14 heavy (non-hydrogen) atoms. The van der Waals surface area contributed by atoms with Gasteiger partial charge in [-0.25, -0.2) is 0 Å². The quantitative estimate of drug-likeness (QED) is 0.740. The highest BCUT2D eigenvalue weighted by Gasteiger charge is 2.38. The predicted octanol–water partition coefficient (Wildman–Crippen LogP) is 2.17. The minimum absolute atomic E-state index is 0.118. The highest BCUT2D eigenvalue weighted by molar-refractivity contribution is 7.53. The van der Waals surface area contributed by atoms with Gasteiger partial charge in [-0.2, -0.15) is 0 Å². The molecule has 0 bridgehead atoms. The van der Waals surface area contributed by atoms with Crippen LogP contribution in [0.3, 0.4) is 0 Å². The fourth-order valence-electron chi connectivity index (χ4n) is 1.93. The molecule has 0 amide bonds. The van der Waals surface area contributed by atoms with Crippen molar-refractivity contribution in [3.63, 3.8) is 0 Å². The molecule has 1 rings (SSSR count). The minimum Gasteiger partial charge on any atom is -0.389 e. The van der Waals surface area contributed by atoms with Crippen LogP contribution in [0, 0.1) is 0 Å². The molecule has 0 atom stereocenters. The fraction of sp³-hybridized carbons (Fsp3) is 1.00. The van der Waals surface area contributed by atoms with Crippen LogP contribution >= 0.6 is 7.60 Å². The maximum Gasteiger partial charge on any atom is 0.333 e. The fourth-order valence-corrected chi connectivity index (χ4v) is 3.38. The van der Waals surface area contributed by atoms with Crippen molar-refractivity contribution in [3.8, 4) is 0 Å². The monoisotopic (exact) mass is 222 g/mol. The predicted molar refractivity (Wildman–Crippen MR) is 54.5 cm³/mol. The second-order valence-electron chi connectivity index (χ2n) is 3.92. The molecule has 0 heterocycles. The zero-order chi connectivity index (χ0) is 10.7. The molecule has 1 saturated carbocycles. The molecule has 0 aliphatic heterocycles. The summed E-state index contributed by atoms with van der Waals surface area (Å²) in [6.45, 7) is 0. The molecule has 1 aliphatic carbocycles. The lowest BCUT2D eigenvalue weighted by Gasteiger charge is -2.33. The molecule has 0 unspecified atom stereocenters. The first-order chi connectivity index (χ1) is 6.54. The third-order valence-corrected chi connectivity index (χ3v) is 4.92. The van der Waals surface area contributed by atoms with Gasteiger partial charge in [0.1, 0.15) is 0 Å². The molecule has 1 aliphatic rings. The van der Waals surface area contributed by atoms with E-state index in [4.69, 9.17) is 9.05 Å². The van der Waals surface area contributed by atoms with E-state index in [1.807, 2.05) is 0 Å². The van der Waals surface area contributed by atoms with Crippen molar-refractivity contribution in [3.05, 3.63) is 0 Å². The van der Waals surface area contributed by atoms with Crippen LogP contribution in [0.4, 0.5) is 0 Å². The molecule has 0 aromatic heterocycles. The van der Waals surface area contributed by atoms with Crippen LogP contribution in [-0.4, -0.2) is 31.1 Å². The summed E-state index contributed by atoms with van der Waals surface area (Å²) in [5, 5.41) is 10.1. The molecule has 84 valence electrons. The average molecular weight is 222 g/mol. The van der Waals surface area contributed by atoms with Crippen LogP contribution in [-0.2, 0) is 13.6 Å². The van der Waals surface area contributed by atoms with Gasteiger partial charge in [-0.3, -0.25) is 4.57 Å². The van der Waals surface area contributed by atoms with E-state index in [9.17, 15) is 9.67 Å². The summed E-state index contributed by atoms with van der Waals surface area (Å²) >= 11 is 0. The lowest BCUT2D eigenvalue weighted by molar-refractivity contribution is 0.0202. The average Bonchev–Trinajstić information content (AvgIpc) is 2.18. The Morgan fingerprint density at radius 1 is 1.21 bits per heavy atom. The Hall–Kier alpha value is 0.110. The Balaban J connectivity index is 2.60. The Kier molecular flexibility index (Phi) is 4.14. The molecule has 0 radical (unpaired) electrons. The standard InChI is InChI=1S/C9H19O4P/c1-12-14(11,13-2)8-9(10)6-4-3-5-7-9/h10H,3-8H2,1-2H3. The summed E-state index contributed by atoms with van der Waals surface area (Å²) in [6, 6.07) is 0. The Bertz CT molecular complexity index is 215. The SMILES string of the molecule is COP(=O)(CC1(O)CCCCC1)OC. The number of rotatable bonds is 4. The van der Waals surface area contributed by atoms with Gasteiger partial charge in [0.25, 0.3) is 0 Å². The van der Waals surface area contributed by atoms with Crippen LogP contribution in [0.1, 0.15) is 32.1 Å². The van der Waals surface area contributed by atoms with Gasteiger partial charge < -0.3 is 14.2 Å². The maximum atomic E-state index is 11.8. The van der Waals surface area contributed by atoms with E-state index < -0.39 is 13.2 Å². The first-order valence-corrected chi connectivity index (χ1v) is 6.69. The molecular weight excluding hydrogens is 203 g/mol. The topological polar surface area (TPSA) is 55.8 Å². The molecule has 0 spiro atoms. The van der Waals surface area contributed by atoms with E-state index in [1.54, 1.807) is 0 Å². The van der Waals surface area contributed by atoms with Crippen molar-refractivity contribution in [2.24, 2.45) is 0 Å². The zero-order valence-corrected chi connectivity index (χ0v) is 9.76. The molecule has 0 saturated heterocycles. The van der Waals surface area contributed by atoms with E-state index in [-0.39, 0.29) is 6.16 Å². The van der Waals surface area contributed by atoms with Crippen molar-refractivity contribution in [1.82, 2.24) is 0 Å². The van der Waals surface area contributed by atoms with E-state index >= 15 is 0 Å². The normalized spacial score (nSPS) is 22.2. The van der Waals surface area contributed by atoms with Crippen LogP contribution in [0.2, 0.25) is 0 Å². The van der Waals surface area contributed by atoms with E-state index in [0.29, 0.717) is 12.8 Å². The van der Waals surface area contributed by atoms with Crippen LogP contribution in [0.15, 0.2) is 0 Å². The number of aliphatic hydroxyl groups is 1. The van der Waals surface area contributed by atoms with Crippen molar-refractivity contribution in [2.75, 3.05) is 20.4 Å². The third kappa shape index (κ3) is 3.06. The van der Waals surface area contributed by atoms with Crippen LogP contribution < -0.4 is 0 Å². The largest absolute Gasteiger partial charge is 0.389 e. The van der Waals surface area contributed by atoms with Gasteiger partial charge >= 0.3 is 7.60 Å². The lowest BCUT2D eigenvalue weighted by atomic mass is 9.86. The third-order valence-electron chi connectivity index (χ3n) is 2.83. The van der Waals surface area contributed by atoms with Gasteiger partial charge in [-0.15, -0.1) is 0 Å². The summed E-state index contributed by atoms with van der Waals surface area (Å²) in [7, 11) is -0.350. The zero-order valence-electron chi connectivity index (χ0n) is 8.86. The van der Waals surface area contributed by atoms with Gasteiger partial charge in [0, 0.05) is 14.2 Å². The number of hydrogen-bond donors (Lipinski definition) is 1. The smallest absolute Gasteiger partial charge is 0.333 e. The van der Waals surface area contributed by atoms with Crippen LogP contribution in [0.25, 0.3) is 0 Å². The van der Waals surface area contributed by atoms with Crippen molar-refractivity contribution < 1.29 is 18.7 Å². The summed E-state index contributed by atoms with van der Waals surface area (Å²) < 4.78 is 21.5. The molecule has 0 aromatic carbocycles. The Morgan fingerprint density at radius 2 is 1.71 bits per heavy atom. The molecular formula is C9H19O4P. The molecule has 0 aromatic rings. The lowest BCUT2D eigenvalue weighted by Crippen LogP contribution is -2.35. The van der Waals surface area contributed by atoms with Gasteiger partial charge in [-0.05, 0) is 12.8 Å². The minimum atomic E-state index is -3.07. The van der Waals surface area contributed by atoms with Crippen molar-refractivity contribution in [2.45, 2.75) is 37.7 Å². The summed E-state index contributed by atoms with van der Waals surface area (Å²) in [5.41, 5.74) is -0.847. The van der Waals surface area contributed by atoms with Crippen molar-refractivity contribution in [1.29, 1.82) is 0 Å². The summed E-state index contributed by atoms with van der Waals surface area (Å²) in [4.78, 5) is 0. The van der Waals surface area contributed by atoms with Gasteiger partial charge in [0.15, 0.2) is 0 Å². The van der Waals surface area contributed by atoms with Gasteiger partial charge in [0.05, 0.1) is 11.8 Å². The van der Waals surface area contributed by atoms with Gasteiger partial charge in [-0.1, -0.05) is 19.3 Å². The summed E-state index contributed by atoms with van der Waals surface area (Å²) in [6.07, 6.45) is 4.64. The van der Waals surface area contributed by atoms with Gasteiger partial charge in [0.2, 0.25) is 0 Å². The van der Waals surface area contributed by atoms with E-state index in [2.05, 4.69) is 0 Å². The molecule has 1 N–H and O–H groups in total. The van der Waals surface area contributed by atoms with Crippen molar-refractivity contribution >= 4 is 7.60 Å². The maximum absolute atomic E-state index is 11.8. The molecule has 1 fully saturated rings. The highest BCUT2D eigenvalue weighted by Crippen LogP contribution is 2.51. The number of hydrogen-bond acceptors (Lipinski definition) is 4. The van der Waals surface area contributed by atoms with Crippen LogP contribution in [0.5, 0.6) is 0 Å². The second-order valence-corrected chi connectivity index (χ2v) is 6.19.